The van der Waals surface area contributed by atoms with E-state index in [-0.39, 0.29) is 30.7 Å². The Morgan fingerprint density at radius 3 is 2.55 bits per heavy atom. The van der Waals surface area contributed by atoms with E-state index in [9.17, 15) is 4.79 Å². The number of carbonyl (C=O) groups excluding carboxylic acids is 1. The molecule has 0 aliphatic carbocycles. The number of aromatic nitrogens is 1. The van der Waals surface area contributed by atoms with Gasteiger partial charge in [0, 0.05) is 38.9 Å². The molecule has 7 heteroatoms. The SMILES string of the molecule is CCCNCCNC(=O)c1ccnc(N(C)C)c1.Cl.Cl. The molecular weight excluding hydrogens is 299 g/mol. The largest absolute Gasteiger partial charge is 0.363 e. The lowest BCUT2D eigenvalue weighted by Gasteiger charge is -2.12. The van der Waals surface area contributed by atoms with Crippen molar-refractivity contribution in [1.82, 2.24) is 15.6 Å². The highest BCUT2D eigenvalue weighted by Gasteiger charge is 2.06. The summed E-state index contributed by atoms with van der Waals surface area (Å²) >= 11 is 0. The van der Waals surface area contributed by atoms with Gasteiger partial charge in [0.05, 0.1) is 0 Å². The van der Waals surface area contributed by atoms with E-state index < -0.39 is 0 Å². The molecule has 0 saturated carbocycles. The molecule has 0 aliphatic heterocycles. The minimum Gasteiger partial charge on any atom is -0.363 e. The van der Waals surface area contributed by atoms with Crippen molar-refractivity contribution < 1.29 is 4.79 Å². The third kappa shape index (κ3) is 7.53. The van der Waals surface area contributed by atoms with Gasteiger partial charge in [0.15, 0.2) is 0 Å². The number of rotatable bonds is 7. The number of carbonyl (C=O) groups is 1. The Balaban J connectivity index is 0. The summed E-state index contributed by atoms with van der Waals surface area (Å²) in [4.78, 5) is 17.9. The summed E-state index contributed by atoms with van der Waals surface area (Å²) in [6.45, 7) is 4.53. The summed E-state index contributed by atoms with van der Waals surface area (Å²) in [7, 11) is 3.80. The van der Waals surface area contributed by atoms with E-state index in [1.807, 2.05) is 19.0 Å². The lowest BCUT2D eigenvalue weighted by atomic mass is 10.2. The number of nitrogens with one attached hydrogen (secondary N) is 2. The molecule has 116 valence electrons. The standard InChI is InChI=1S/C13H22N4O.2ClH/c1-4-6-14-8-9-16-13(18)11-5-7-15-12(10-11)17(2)3;;/h5,7,10,14H,4,6,8-9H2,1-3H3,(H,16,18);2*1H. The molecule has 2 N–H and O–H groups in total. The van der Waals surface area contributed by atoms with Gasteiger partial charge in [-0.05, 0) is 25.1 Å². The van der Waals surface area contributed by atoms with E-state index in [0.717, 1.165) is 25.3 Å². The van der Waals surface area contributed by atoms with Crippen molar-refractivity contribution in [3.63, 3.8) is 0 Å². The van der Waals surface area contributed by atoms with Crippen LogP contribution in [-0.4, -0.2) is 44.6 Å². The van der Waals surface area contributed by atoms with Crippen molar-refractivity contribution in [1.29, 1.82) is 0 Å². The minimum atomic E-state index is -0.0567. The number of pyridine rings is 1. The van der Waals surface area contributed by atoms with E-state index in [0.29, 0.717) is 12.1 Å². The van der Waals surface area contributed by atoms with E-state index in [2.05, 4.69) is 22.5 Å². The van der Waals surface area contributed by atoms with Gasteiger partial charge in [-0.25, -0.2) is 4.98 Å². The smallest absolute Gasteiger partial charge is 0.251 e. The molecule has 0 radical (unpaired) electrons. The molecule has 1 aromatic rings. The normalized spacial score (nSPS) is 9.15. The fraction of sp³-hybridized carbons (Fsp3) is 0.538. The number of amides is 1. The Morgan fingerprint density at radius 1 is 1.25 bits per heavy atom. The Labute approximate surface area is 133 Å². The predicted molar refractivity (Wildman–Crippen MR) is 88.6 cm³/mol. The molecule has 0 aliphatic rings. The van der Waals surface area contributed by atoms with Crippen LogP contribution < -0.4 is 15.5 Å². The van der Waals surface area contributed by atoms with Gasteiger partial charge in [-0.1, -0.05) is 6.92 Å². The van der Waals surface area contributed by atoms with Crippen molar-refractivity contribution in [3.8, 4) is 0 Å². The highest BCUT2D eigenvalue weighted by molar-refractivity contribution is 5.94. The average Bonchev–Trinajstić information content (AvgIpc) is 2.38. The number of halogens is 2. The van der Waals surface area contributed by atoms with Gasteiger partial charge in [0.25, 0.3) is 5.91 Å². The zero-order chi connectivity index (χ0) is 13.4. The topological polar surface area (TPSA) is 57.3 Å². The van der Waals surface area contributed by atoms with E-state index in [1.54, 1.807) is 18.3 Å². The second-order valence-corrected chi connectivity index (χ2v) is 4.30. The summed E-state index contributed by atoms with van der Waals surface area (Å²) in [5, 5.41) is 6.11. The number of hydrogen-bond donors (Lipinski definition) is 2. The Hall–Kier alpha value is -1.04. The molecule has 0 bridgehead atoms. The van der Waals surface area contributed by atoms with Crippen molar-refractivity contribution in [2.45, 2.75) is 13.3 Å². The van der Waals surface area contributed by atoms with Crippen LogP contribution in [0.4, 0.5) is 5.82 Å². The van der Waals surface area contributed by atoms with Gasteiger partial charge in [-0.3, -0.25) is 4.79 Å². The molecule has 1 rings (SSSR count). The van der Waals surface area contributed by atoms with Crippen molar-refractivity contribution in [3.05, 3.63) is 23.9 Å². The van der Waals surface area contributed by atoms with Gasteiger partial charge < -0.3 is 15.5 Å². The van der Waals surface area contributed by atoms with Crippen LogP contribution in [0.3, 0.4) is 0 Å². The van der Waals surface area contributed by atoms with Gasteiger partial charge in [0.2, 0.25) is 0 Å². The molecule has 1 amide bonds. The van der Waals surface area contributed by atoms with Crippen molar-refractivity contribution in [2.24, 2.45) is 0 Å². The van der Waals surface area contributed by atoms with Gasteiger partial charge in [0.1, 0.15) is 5.82 Å². The lowest BCUT2D eigenvalue weighted by molar-refractivity contribution is 0.0954. The van der Waals surface area contributed by atoms with Crippen LogP contribution in [0.2, 0.25) is 0 Å². The summed E-state index contributed by atoms with van der Waals surface area (Å²) < 4.78 is 0. The minimum absolute atomic E-state index is 0. The molecule has 1 heterocycles. The molecule has 0 saturated heterocycles. The summed E-state index contributed by atoms with van der Waals surface area (Å²) in [5.41, 5.74) is 0.643. The molecule has 0 spiro atoms. The van der Waals surface area contributed by atoms with Crippen LogP contribution in [0.1, 0.15) is 23.7 Å². The first-order valence-electron chi connectivity index (χ1n) is 6.27. The maximum Gasteiger partial charge on any atom is 0.251 e. The zero-order valence-electron chi connectivity index (χ0n) is 12.2. The predicted octanol–water partition coefficient (Wildman–Crippen LogP) is 1.72. The number of anilines is 1. The summed E-state index contributed by atoms with van der Waals surface area (Å²) in [6, 6.07) is 3.51. The lowest BCUT2D eigenvalue weighted by Crippen LogP contribution is -2.32. The number of hydrogen-bond acceptors (Lipinski definition) is 4. The molecule has 5 nitrogen and oxygen atoms in total. The Kier molecular flexibility index (Phi) is 12.5. The highest BCUT2D eigenvalue weighted by Crippen LogP contribution is 2.09. The quantitative estimate of drug-likeness (QED) is 0.750. The monoisotopic (exact) mass is 322 g/mol. The first-order valence-corrected chi connectivity index (χ1v) is 6.27. The second-order valence-electron chi connectivity index (χ2n) is 4.30. The molecule has 0 unspecified atom stereocenters. The van der Waals surface area contributed by atoms with Crippen LogP contribution in [0.5, 0.6) is 0 Å². The third-order valence-electron chi connectivity index (χ3n) is 2.48. The fourth-order valence-electron chi connectivity index (χ4n) is 1.47. The third-order valence-corrected chi connectivity index (χ3v) is 2.48. The fourth-order valence-corrected chi connectivity index (χ4v) is 1.47. The second kappa shape index (κ2) is 11.8. The van der Waals surface area contributed by atoms with E-state index >= 15 is 0 Å². The van der Waals surface area contributed by atoms with Crippen LogP contribution in [0.25, 0.3) is 0 Å². The Morgan fingerprint density at radius 2 is 1.95 bits per heavy atom. The maximum atomic E-state index is 11.9. The molecule has 0 aromatic carbocycles. The van der Waals surface area contributed by atoms with Crippen LogP contribution >= 0.6 is 24.8 Å². The summed E-state index contributed by atoms with van der Waals surface area (Å²) in [6.07, 6.45) is 2.75. The van der Waals surface area contributed by atoms with Gasteiger partial charge in [-0.15, -0.1) is 24.8 Å². The Bertz CT molecular complexity index is 388. The average molecular weight is 323 g/mol. The highest BCUT2D eigenvalue weighted by atomic mass is 35.5. The molecule has 0 fully saturated rings. The van der Waals surface area contributed by atoms with Crippen LogP contribution in [0.15, 0.2) is 18.3 Å². The summed E-state index contributed by atoms with van der Waals surface area (Å²) in [5.74, 6) is 0.727. The van der Waals surface area contributed by atoms with Gasteiger partial charge in [-0.2, -0.15) is 0 Å². The zero-order valence-corrected chi connectivity index (χ0v) is 13.8. The maximum absolute atomic E-state index is 11.9. The first-order chi connectivity index (χ1) is 8.65. The first kappa shape index (κ1) is 21.3. The molecular formula is C13H24Cl2N4O. The van der Waals surface area contributed by atoms with Crippen molar-refractivity contribution in [2.75, 3.05) is 38.6 Å². The molecule has 20 heavy (non-hydrogen) atoms. The number of nitrogens with zero attached hydrogens (tertiary/aromatic N) is 2. The van der Waals surface area contributed by atoms with Gasteiger partial charge >= 0.3 is 0 Å². The van der Waals surface area contributed by atoms with E-state index in [4.69, 9.17) is 0 Å². The van der Waals surface area contributed by atoms with E-state index in [1.165, 1.54) is 0 Å². The molecule has 0 atom stereocenters. The van der Waals surface area contributed by atoms with Crippen molar-refractivity contribution >= 4 is 36.5 Å². The van der Waals surface area contributed by atoms with Crippen LogP contribution in [0, 0.1) is 0 Å². The van der Waals surface area contributed by atoms with Crippen LogP contribution in [-0.2, 0) is 0 Å². The molecule has 1 aromatic heterocycles.